The van der Waals surface area contributed by atoms with E-state index < -0.39 is 12.0 Å². The van der Waals surface area contributed by atoms with Gasteiger partial charge in [-0.1, -0.05) is 53.3 Å². The van der Waals surface area contributed by atoms with E-state index in [0.717, 1.165) is 11.3 Å². The lowest BCUT2D eigenvalue weighted by Gasteiger charge is -2.26. The Hall–Kier alpha value is -4.63. The van der Waals surface area contributed by atoms with Gasteiger partial charge in [0, 0.05) is 5.56 Å². The molecule has 234 valence electrons. The summed E-state index contributed by atoms with van der Waals surface area (Å²) < 4.78 is 25.2. The summed E-state index contributed by atoms with van der Waals surface area (Å²) in [5.41, 5.74) is 6.78. The fourth-order valence-electron chi connectivity index (χ4n) is 5.70. The Morgan fingerprint density at radius 1 is 0.978 bits per heavy atom. The SMILES string of the molecule is CCOC(=O)C1=C(C)N=c2s/c(=C/c3ccc(OCc4c(C)cc(C)cc4C)cc3)c(=O)n2[C@@H]1c1cccc(OC)c1OCC. The van der Waals surface area contributed by atoms with Crippen LogP contribution in [0.15, 0.2) is 75.7 Å². The van der Waals surface area contributed by atoms with Crippen LogP contribution in [0, 0.1) is 20.8 Å². The zero-order chi connectivity index (χ0) is 32.2. The molecule has 4 aromatic rings. The second kappa shape index (κ2) is 13.6. The summed E-state index contributed by atoms with van der Waals surface area (Å²) in [6.07, 6.45) is 1.83. The van der Waals surface area contributed by atoms with Crippen molar-refractivity contribution in [1.29, 1.82) is 0 Å². The molecule has 0 aliphatic carbocycles. The van der Waals surface area contributed by atoms with Crippen molar-refractivity contribution in [3.05, 3.63) is 119 Å². The Morgan fingerprint density at radius 2 is 1.69 bits per heavy atom. The molecule has 45 heavy (non-hydrogen) atoms. The van der Waals surface area contributed by atoms with Crippen LogP contribution in [-0.2, 0) is 16.1 Å². The Bertz CT molecular complexity index is 1930. The molecule has 0 fully saturated rings. The first-order chi connectivity index (χ1) is 21.7. The number of methoxy groups -OCH3 is 1. The smallest absolute Gasteiger partial charge is 0.338 e. The summed E-state index contributed by atoms with van der Waals surface area (Å²) >= 11 is 1.27. The van der Waals surface area contributed by atoms with Crippen LogP contribution in [0.4, 0.5) is 0 Å². The van der Waals surface area contributed by atoms with Gasteiger partial charge >= 0.3 is 5.97 Å². The molecule has 0 saturated heterocycles. The van der Waals surface area contributed by atoms with Crippen LogP contribution in [0.3, 0.4) is 0 Å². The van der Waals surface area contributed by atoms with E-state index in [4.69, 9.17) is 18.9 Å². The molecule has 0 unspecified atom stereocenters. The molecule has 8 nitrogen and oxygen atoms in total. The number of hydrogen-bond acceptors (Lipinski definition) is 8. The Morgan fingerprint density at radius 3 is 2.33 bits per heavy atom. The maximum Gasteiger partial charge on any atom is 0.338 e. The van der Waals surface area contributed by atoms with E-state index in [1.807, 2.05) is 49.4 Å². The van der Waals surface area contributed by atoms with Crippen LogP contribution in [0.5, 0.6) is 17.2 Å². The van der Waals surface area contributed by atoms with Crippen molar-refractivity contribution >= 4 is 23.4 Å². The molecule has 1 atom stereocenters. The number of hydrogen-bond donors (Lipinski definition) is 0. The highest BCUT2D eigenvalue weighted by atomic mass is 32.1. The number of allylic oxidation sites excluding steroid dienone is 1. The molecular formula is C36H38N2O6S. The second-order valence-electron chi connectivity index (χ2n) is 10.8. The quantitative estimate of drug-likeness (QED) is 0.210. The van der Waals surface area contributed by atoms with Crippen LogP contribution in [0.2, 0.25) is 0 Å². The van der Waals surface area contributed by atoms with E-state index in [1.54, 1.807) is 31.6 Å². The number of aromatic nitrogens is 1. The highest BCUT2D eigenvalue weighted by molar-refractivity contribution is 7.07. The number of nitrogens with zero attached hydrogens (tertiary/aromatic N) is 2. The average molecular weight is 627 g/mol. The lowest BCUT2D eigenvalue weighted by Crippen LogP contribution is -2.40. The predicted molar refractivity (Wildman–Crippen MR) is 176 cm³/mol. The van der Waals surface area contributed by atoms with Gasteiger partial charge < -0.3 is 18.9 Å². The number of rotatable bonds is 10. The fraction of sp³-hybridized carbons (Fsp3) is 0.306. The third-order valence-electron chi connectivity index (χ3n) is 7.73. The first-order valence-corrected chi connectivity index (χ1v) is 15.8. The monoisotopic (exact) mass is 626 g/mol. The fourth-order valence-corrected chi connectivity index (χ4v) is 6.74. The minimum absolute atomic E-state index is 0.188. The molecule has 0 spiro atoms. The normalized spacial score (nSPS) is 14.6. The van der Waals surface area contributed by atoms with E-state index >= 15 is 0 Å². The summed E-state index contributed by atoms with van der Waals surface area (Å²) in [7, 11) is 1.56. The molecular weight excluding hydrogens is 588 g/mol. The van der Waals surface area contributed by atoms with E-state index in [2.05, 4.69) is 37.9 Å². The standard InChI is InChI=1S/C36H38N2O6S/c1-8-42-33-27(11-10-12-29(33)41-7)32-31(35(40)43-9-2)24(6)37-36-38(32)34(39)30(45-36)19-25-13-15-26(16-14-25)44-20-28-22(4)17-21(3)18-23(28)5/h10-19,32H,8-9,20H2,1-7H3/b30-19+/t32-/m1/s1. The van der Waals surface area contributed by atoms with Crippen molar-refractivity contribution in [2.24, 2.45) is 4.99 Å². The molecule has 0 amide bonds. The van der Waals surface area contributed by atoms with Gasteiger partial charge in [0.15, 0.2) is 16.3 Å². The number of benzene rings is 3. The van der Waals surface area contributed by atoms with Gasteiger partial charge in [-0.05, 0) is 88.1 Å². The van der Waals surface area contributed by atoms with Crippen LogP contribution >= 0.6 is 11.3 Å². The lowest BCUT2D eigenvalue weighted by molar-refractivity contribution is -0.139. The zero-order valence-corrected chi connectivity index (χ0v) is 27.5. The first kappa shape index (κ1) is 31.8. The Balaban J connectivity index is 1.54. The summed E-state index contributed by atoms with van der Waals surface area (Å²) in [6.45, 7) is 12.7. The van der Waals surface area contributed by atoms with Gasteiger partial charge in [0.05, 0.1) is 36.1 Å². The molecule has 1 aliphatic rings. The van der Waals surface area contributed by atoms with Gasteiger partial charge in [-0.2, -0.15) is 0 Å². The first-order valence-electron chi connectivity index (χ1n) is 15.0. The summed E-state index contributed by atoms with van der Waals surface area (Å²) in [5, 5.41) is 0. The molecule has 3 aromatic carbocycles. The molecule has 2 heterocycles. The van der Waals surface area contributed by atoms with Crippen LogP contribution in [0.1, 0.15) is 60.2 Å². The number of carbonyl (C=O) groups is 1. The van der Waals surface area contributed by atoms with E-state index in [1.165, 1.54) is 33.6 Å². The molecule has 0 saturated carbocycles. The largest absolute Gasteiger partial charge is 0.493 e. The molecule has 5 rings (SSSR count). The molecule has 0 N–H and O–H groups in total. The maximum atomic E-state index is 14.1. The average Bonchev–Trinajstić information content (AvgIpc) is 3.30. The third-order valence-corrected chi connectivity index (χ3v) is 8.71. The molecule has 9 heteroatoms. The van der Waals surface area contributed by atoms with Gasteiger partial charge in [0.25, 0.3) is 5.56 Å². The number of ether oxygens (including phenoxy) is 4. The van der Waals surface area contributed by atoms with Gasteiger partial charge in [-0.25, -0.2) is 9.79 Å². The second-order valence-corrected chi connectivity index (χ2v) is 11.9. The Labute approximate surface area is 266 Å². The van der Waals surface area contributed by atoms with Crippen LogP contribution < -0.4 is 29.1 Å². The van der Waals surface area contributed by atoms with Gasteiger partial charge in [-0.15, -0.1) is 0 Å². The highest BCUT2D eigenvalue weighted by Crippen LogP contribution is 2.40. The number of thiazole rings is 1. The lowest BCUT2D eigenvalue weighted by atomic mass is 9.94. The summed E-state index contributed by atoms with van der Waals surface area (Å²) in [5.74, 6) is 1.17. The maximum absolute atomic E-state index is 14.1. The van der Waals surface area contributed by atoms with Crippen LogP contribution in [0.25, 0.3) is 6.08 Å². The predicted octanol–water partition coefficient (Wildman–Crippen LogP) is 5.71. The highest BCUT2D eigenvalue weighted by Gasteiger charge is 2.36. The van der Waals surface area contributed by atoms with Crippen molar-refractivity contribution < 1.29 is 23.7 Å². The number of carbonyl (C=O) groups excluding carboxylic acids is 1. The molecule has 1 aromatic heterocycles. The molecule has 0 radical (unpaired) electrons. The molecule has 1 aliphatic heterocycles. The zero-order valence-electron chi connectivity index (χ0n) is 26.7. The van der Waals surface area contributed by atoms with E-state index in [0.29, 0.717) is 45.3 Å². The number of para-hydroxylation sites is 1. The van der Waals surface area contributed by atoms with Gasteiger partial charge in [0.2, 0.25) is 0 Å². The summed E-state index contributed by atoms with van der Waals surface area (Å²) in [4.78, 5) is 32.6. The van der Waals surface area contributed by atoms with Crippen molar-refractivity contribution in [2.75, 3.05) is 20.3 Å². The van der Waals surface area contributed by atoms with E-state index in [-0.39, 0.29) is 17.7 Å². The minimum Gasteiger partial charge on any atom is -0.493 e. The van der Waals surface area contributed by atoms with Gasteiger partial charge in [0.1, 0.15) is 18.4 Å². The van der Waals surface area contributed by atoms with Crippen molar-refractivity contribution in [2.45, 2.75) is 54.2 Å². The summed E-state index contributed by atoms with van der Waals surface area (Å²) in [6, 6.07) is 16.6. The Kier molecular flexibility index (Phi) is 9.58. The number of fused-ring (bicyclic) bond motifs is 1. The van der Waals surface area contributed by atoms with Crippen molar-refractivity contribution in [3.63, 3.8) is 0 Å². The van der Waals surface area contributed by atoms with Crippen molar-refractivity contribution in [1.82, 2.24) is 4.57 Å². The van der Waals surface area contributed by atoms with Crippen LogP contribution in [-0.4, -0.2) is 30.9 Å². The minimum atomic E-state index is -0.816. The number of aryl methyl sites for hydroxylation is 3. The van der Waals surface area contributed by atoms with Crippen molar-refractivity contribution in [3.8, 4) is 17.2 Å². The molecule has 0 bridgehead atoms. The topological polar surface area (TPSA) is 88.4 Å². The third kappa shape index (κ3) is 6.44. The van der Waals surface area contributed by atoms with Gasteiger partial charge in [-0.3, -0.25) is 9.36 Å². The van der Waals surface area contributed by atoms with E-state index in [9.17, 15) is 9.59 Å². The number of esters is 1.